The number of unbranched alkanes of at least 4 members (excludes halogenated alkanes) is 2. The minimum Gasteiger partial charge on any atom is -0.493 e. The molecule has 0 atom stereocenters. The molecule has 6 heteroatoms. The van der Waals surface area contributed by atoms with Crippen LogP contribution >= 0.6 is 0 Å². The molecule has 2 rings (SSSR count). The Labute approximate surface area is 137 Å². The highest BCUT2D eigenvalue weighted by Crippen LogP contribution is 2.28. The first-order chi connectivity index (χ1) is 11.2. The van der Waals surface area contributed by atoms with Gasteiger partial charge in [0.05, 0.1) is 25.6 Å². The van der Waals surface area contributed by atoms with Gasteiger partial charge in [0.1, 0.15) is 0 Å². The van der Waals surface area contributed by atoms with Crippen LogP contribution in [0.1, 0.15) is 43.1 Å². The molecule has 0 aliphatic carbocycles. The number of ether oxygens (including phenoxy) is 2. The predicted molar refractivity (Wildman–Crippen MR) is 89.8 cm³/mol. The van der Waals surface area contributed by atoms with Gasteiger partial charge in [-0.05, 0) is 24.1 Å². The summed E-state index contributed by atoms with van der Waals surface area (Å²) in [6.45, 7) is 3.47. The van der Waals surface area contributed by atoms with Gasteiger partial charge in [0.2, 0.25) is 0 Å². The third kappa shape index (κ3) is 4.22. The van der Waals surface area contributed by atoms with Crippen LogP contribution in [0, 0.1) is 0 Å². The maximum absolute atomic E-state index is 5.81. The summed E-state index contributed by atoms with van der Waals surface area (Å²) >= 11 is 0. The van der Waals surface area contributed by atoms with E-state index in [1.54, 1.807) is 14.2 Å². The zero-order chi connectivity index (χ0) is 16.7. The second-order valence-electron chi connectivity index (χ2n) is 5.48. The van der Waals surface area contributed by atoms with Crippen molar-refractivity contribution >= 4 is 0 Å². The van der Waals surface area contributed by atoms with Crippen LogP contribution in [0.15, 0.2) is 18.2 Å². The summed E-state index contributed by atoms with van der Waals surface area (Å²) < 4.78 is 12.6. The van der Waals surface area contributed by atoms with Crippen LogP contribution in [0.2, 0.25) is 0 Å². The van der Waals surface area contributed by atoms with E-state index in [0.29, 0.717) is 6.54 Å². The summed E-state index contributed by atoms with van der Waals surface area (Å²) in [5.41, 5.74) is 8.87. The van der Waals surface area contributed by atoms with Gasteiger partial charge in [-0.25, -0.2) is 4.68 Å². The summed E-state index contributed by atoms with van der Waals surface area (Å²) in [5, 5.41) is 8.48. The maximum atomic E-state index is 5.81. The Bertz CT molecular complexity index is 625. The van der Waals surface area contributed by atoms with Crippen molar-refractivity contribution in [1.29, 1.82) is 0 Å². The molecule has 0 radical (unpaired) electrons. The summed E-state index contributed by atoms with van der Waals surface area (Å²) in [6, 6.07) is 5.94. The van der Waals surface area contributed by atoms with Gasteiger partial charge in [-0.1, -0.05) is 31.0 Å². The summed E-state index contributed by atoms with van der Waals surface area (Å²) in [4.78, 5) is 0. The molecule has 2 aromatic rings. The molecule has 0 fully saturated rings. The number of aryl methyl sites for hydroxylation is 1. The van der Waals surface area contributed by atoms with E-state index in [9.17, 15) is 0 Å². The second-order valence-corrected chi connectivity index (χ2v) is 5.48. The molecule has 0 amide bonds. The van der Waals surface area contributed by atoms with Gasteiger partial charge in [0.25, 0.3) is 0 Å². The molecule has 6 nitrogen and oxygen atoms in total. The van der Waals surface area contributed by atoms with Crippen molar-refractivity contribution < 1.29 is 9.47 Å². The van der Waals surface area contributed by atoms with Gasteiger partial charge in [-0.15, -0.1) is 5.10 Å². The van der Waals surface area contributed by atoms with Gasteiger partial charge in [0, 0.05) is 19.5 Å². The van der Waals surface area contributed by atoms with E-state index >= 15 is 0 Å². The van der Waals surface area contributed by atoms with Gasteiger partial charge in [-0.3, -0.25) is 0 Å². The van der Waals surface area contributed by atoms with Crippen molar-refractivity contribution in [2.45, 2.75) is 45.7 Å². The summed E-state index contributed by atoms with van der Waals surface area (Å²) in [7, 11) is 3.28. The third-order valence-corrected chi connectivity index (χ3v) is 3.90. The van der Waals surface area contributed by atoms with Crippen LogP contribution in [-0.2, 0) is 19.5 Å². The lowest BCUT2D eigenvalue weighted by atomic mass is 10.1. The average Bonchev–Trinajstić information content (AvgIpc) is 2.97. The normalized spacial score (nSPS) is 10.8. The van der Waals surface area contributed by atoms with Crippen LogP contribution in [0.3, 0.4) is 0 Å². The minimum absolute atomic E-state index is 0.399. The highest BCUT2D eigenvalue weighted by molar-refractivity contribution is 5.44. The molecule has 0 aliphatic heterocycles. The molecule has 0 aliphatic rings. The third-order valence-electron chi connectivity index (χ3n) is 3.90. The fourth-order valence-corrected chi connectivity index (χ4v) is 2.60. The molecular weight excluding hydrogens is 292 g/mol. The van der Waals surface area contributed by atoms with Crippen LogP contribution in [-0.4, -0.2) is 29.2 Å². The Morgan fingerprint density at radius 1 is 1.13 bits per heavy atom. The molecule has 0 unspecified atom stereocenters. The van der Waals surface area contributed by atoms with Gasteiger partial charge in [0.15, 0.2) is 11.5 Å². The summed E-state index contributed by atoms with van der Waals surface area (Å²) in [6.07, 6.45) is 4.20. The molecule has 23 heavy (non-hydrogen) atoms. The van der Waals surface area contributed by atoms with Crippen molar-refractivity contribution in [2.75, 3.05) is 14.2 Å². The first kappa shape index (κ1) is 17.3. The molecule has 126 valence electrons. The molecule has 1 heterocycles. The maximum Gasteiger partial charge on any atom is 0.160 e. The molecule has 2 N–H and O–H groups in total. The van der Waals surface area contributed by atoms with E-state index in [1.165, 1.54) is 12.8 Å². The van der Waals surface area contributed by atoms with E-state index in [2.05, 4.69) is 17.2 Å². The Morgan fingerprint density at radius 3 is 2.57 bits per heavy atom. The van der Waals surface area contributed by atoms with Gasteiger partial charge in [-0.2, -0.15) is 0 Å². The number of nitrogens with zero attached hydrogens (tertiary/aromatic N) is 3. The van der Waals surface area contributed by atoms with Crippen molar-refractivity contribution in [2.24, 2.45) is 5.73 Å². The smallest absolute Gasteiger partial charge is 0.160 e. The number of nitrogens with two attached hydrogens (primary N) is 1. The monoisotopic (exact) mass is 318 g/mol. The van der Waals surface area contributed by atoms with Crippen molar-refractivity contribution in [3.8, 4) is 11.5 Å². The van der Waals surface area contributed by atoms with Crippen LogP contribution in [0.25, 0.3) is 0 Å². The highest BCUT2D eigenvalue weighted by atomic mass is 16.5. The van der Waals surface area contributed by atoms with E-state index in [4.69, 9.17) is 15.2 Å². The number of hydrogen-bond acceptors (Lipinski definition) is 5. The second kappa shape index (κ2) is 8.53. The van der Waals surface area contributed by atoms with E-state index in [1.807, 2.05) is 22.9 Å². The van der Waals surface area contributed by atoms with E-state index in [0.717, 1.165) is 47.8 Å². The Hall–Kier alpha value is -2.08. The SMILES string of the molecule is CCCCCn1nnc(CN)c1Cc1ccc(OC)c(OC)c1. The Morgan fingerprint density at radius 2 is 1.91 bits per heavy atom. The first-order valence-electron chi connectivity index (χ1n) is 8.05. The van der Waals surface area contributed by atoms with Crippen LogP contribution < -0.4 is 15.2 Å². The number of aromatic nitrogens is 3. The standard InChI is InChI=1S/C17H26N4O2/c1-4-5-6-9-21-15(14(12-18)19-20-21)10-13-7-8-16(22-2)17(11-13)23-3/h7-8,11H,4-6,9-10,12,18H2,1-3H3. The molecule has 0 bridgehead atoms. The molecule has 1 aromatic carbocycles. The van der Waals surface area contributed by atoms with Gasteiger partial charge < -0.3 is 15.2 Å². The fourth-order valence-electron chi connectivity index (χ4n) is 2.60. The van der Waals surface area contributed by atoms with E-state index < -0.39 is 0 Å². The molecular formula is C17H26N4O2. The first-order valence-corrected chi connectivity index (χ1v) is 8.05. The Balaban J connectivity index is 2.22. The molecule has 0 spiro atoms. The lowest BCUT2D eigenvalue weighted by Gasteiger charge is -2.11. The van der Waals surface area contributed by atoms with Crippen molar-refractivity contribution in [3.05, 3.63) is 35.2 Å². The number of hydrogen-bond donors (Lipinski definition) is 1. The predicted octanol–water partition coefficient (Wildman–Crippen LogP) is 2.54. The lowest BCUT2D eigenvalue weighted by Crippen LogP contribution is -2.09. The topological polar surface area (TPSA) is 75.2 Å². The average molecular weight is 318 g/mol. The Kier molecular flexibility index (Phi) is 6.40. The van der Waals surface area contributed by atoms with Crippen molar-refractivity contribution in [3.63, 3.8) is 0 Å². The zero-order valence-corrected chi connectivity index (χ0v) is 14.2. The highest BCUT2D eigenvalue weighted by Gasteiger charge is 2.13. The largest absolute Gasteiger partial charge is 0.493 e. The van der Waals surface area contributed by atoms with Crippen molar-refractivity contribution in [1.82, 2.24) is 15.0 Å². The molecule has 0 saturated carbocycles. The molecule has 0 saturated heterocycles. The number of benzene rings is 1. The quantitative estimate of drug-likeness (QED) is 0.719. The fraction of sp³-hybridized carbons (Fsp3) is 0.529. The molecule has 1 aromatic heterocycles. The van der Waals surface area contributed by atoms with Gasteiger partial charge >= 0.3 is 0 Å². The van der Waals surface area contributed by atoms with E-state index in [-0.39, 0.29) is 0 Å². The lowest BCUT2D eigenvalue weighted by molar-refractivity contribution is 0.354. The van der Waals surface area contributed by atoms with Crippen LogP contribution in [0.5, 0.6) is 11.5 Å². The minimum atomic E-state index is 0.399. The van der Waals surface area contributed by atoms with Crippen LogP contribution in [0.4, 0.5) is 0 Å². The zero-order valence-electron chi connectivity index (χ0n) is 14.2. The summed E-state index contributed by atoms with van der Waals surface area (Å²) in [5.74, 6) is 1.45. The number of rotatable bonds is 9. The number of methoxy groups -OCH3 is 2.